The van der Waals surface area contributed by atoms with Crippen LogP contribution in [0.2, 0.25) is 0 Å². The van der Waals surface area contributed by atoms with Crippen LogP contribution in [0, 0.1) is 5.92 Å². The largest absolute Gasteiger partial charge is 0.398 e. The van der Waals surface area contributed by atoms with Crippen LogP contribution in [-0.2, 0) is 6.54 Å². The van der Waals surface area contributed by atoms with Gasteiger partial charge in [-0.2, -0.15) is 0 Å². The highest BCUT2D eigenvalue weighted by atomic mass is 15.1. The van der Waals surface area contributed by atoms with Crippen molar-refractivity contribution in [2.45, 2.75) is 26.3 Å². The fourth-order valence-electron chi connectivity index (χ4n) is 2.62. The van der Waals surface area contributed by atoms with E-state index in [4.69, 9.17) is 5.73 Å². The summed E-state index contributed by atoms with van der Waals surface area (Å²) >= 11 is 0. The van der Waals surface area contributed by atoms with Crippen LogP contribution in [0.25, 0.3) is 0 Å². The molecular formula is C15H25N3. The van der Waals surface area contributed by atoms with Crippen molar-refractivity contribution in [3.05, 3.63) is 29.8 Å². The van der Waals surface area contributed by atoms with E-state index >= 15 is 0 Å². The highest BCUT2D eigenvalue weighted by Gasteiger charge is 2.14. The Bertz CT molecular complexity index is 359. The molecule has 1 saturated heterocycles. The number of para-hydroxylation sites is 1. The van der Waals surface area contributed by atoms with Gasteiger partial charge in [0.05, 0.1) is 0 Å². The van der Waals surface area contributed by atoms with E-state index in [9.17, 15) is 0 Å². The second kappa shape index (κ2) is 6.76. The Morgan fingerprint density at radius 1 is 1.28 bits per heavy atom. The van der Waals surface area contributed by atoms with Crippen molar-refractivity contribution in [3.63, 3.8) is 0 Å². The molecule has 18 heavy (non-hydrogen) atoms. The first kappa shape index (κ1) is 13.4. The van der Waals surface area contributed by atoms with Crippen LogP contribution in [0.3, 0.4) is 0 Å². The van der Waals surface area contributed by atoms with Crippen LogP contribution in [0.4, 0.5) is 5.69 Å². The van der Waals surface area contributed by atoms with Crippen molar-refractivity contribution in [1.29, 1.82) is 0 Å². The van der Waals surface area contributed by atoms with Gasteiger partial charge in [-0.05, 0) is 50.0 Å². The van der Waals surface area contributed by atoms with E-state index in [1.165, 1.54) is 38.0 Å². The first-order valence-corrected chi connectivity index (χ1v) is 7.02. The number of benzene rings is 1. The quantitative estimate of drug-likeness (QED) is 0.756. The van der Waals surface area contributed by atoms with E-state index in [1.807, 2.05) is 18.2 Å². The molecule has 3 N–H and O–H groups in total. The Morgan fingerprint density at radius 3 is 2.72 bits per heavy atom. The highest BCUT2D eigenvalue weighted by molar-refractivity contribution is 5.46. The standard InChI is InChI=1S/C15H25N3/c1-13(12-18-8-4-5-9-18)10-17-11-14-6-2-3-7-15(14)16/h2-3,6-7,13,17H,4-5,8-12,16H2,1H3. The molecule has 0 spiro atoms. The van der Waals surface area contributed by atoms with Gasteiger partial charge in [-0.15, -0.1) is 0 Å². The van der Waals surface area contributed by atoms with Crippen molar-refractivity contribution in [2.75, 3.05) is 31.9 Å². The van der Waals surface area contributed by atoms with E-state index in [0.29, 0.717) is 5.92 Å². The molecule has 0 bridgehead atoms. The monoisotopic (exact) mass is 247 g/mol. The molecule has 3 heteroatoms. The number of nitrogens with two attached hydrogens (primary N) is 1. The molecular weight excluding hydrogens is 222 g/mol. The molecule has 0 amide bonds. The third-order valence-electron chi connectivity index (χ3n) is 3.63. The van der Waals surface area contributed by atoms with Crippen LogP contribution >= 0.6 is 0 Å². The molecule has 1 aliphatic rings. The van der Waals surface area contributed by atoms with Gasteiger partial charge in [0.1, 0.15) is 0 Å². The van der Waals surface area contributed by atoms with E-state index in [2.05, 4.69) is 23.2 Å². The summed E-state index contributed by atoms with van der Waals surface area (Å²) in [5.41, 5.74) is 8.01. The summed E-state index contributed by atoms with van der Waals surface area (Å²) in [5.74, 6) is 0.702. The third-order valence-corrected chi connectivity index (χ3v) is 3.63. The number of nitrogens with zero attached hydrogens (tertiary/aromatic N) is 1. The van der Waals surface area contributed by atoms with Gasteiger partial charge in [-0.3, -0.25) is 0 Å². The fraction of sp³-hybridized carbons (Fsp3) is 0.600. The summed E-state index contributed by atoms with van der Waals surface area (Å²) < 4.78 is 0. The summed E-state index contributed by atoms with van der Waals surface area (Å²) in [5, 5.41) is 3.51. The first-order chi connectivity index (χ1) is 8.75. The average Bonchev–Trinajstić information content (AvgIpc) is 2.84. The lowest BCUT2D eigenvalue weighted by atomic mass is 10.1. The van der Waals surface area contributed by atoms with Crippen LogP contribution in [0.5, 0.6) is 0 Å². The molecule has 0 aromatic heterocycles. The minimum atomic E-state index is 0.702. The molecule has 1 unspecified atom stereocenters. The predicted molar refractivity (Wildman–Crippen MR) is 77.4 cm³/mol. The normalized spacial score (nSPS) is 18.1. The Morgan fingerprint density at radius 2 is 2.00 bits per heavy atom. The minimum absolute atomic E-state index is 0.702. The lowest BCUT2D eigenvalue weighted by Gasteiger charge is -2.20. The van der Waals surface area contributed by atoms with Gasteiger partial charge >= 0.3 is 0 Å². The van der Waals surface area contributed by atoms with E-state index < -0.39 is 0 Å². The summed E-state index contributed by atoms with van der Waals surface area (Å²) in [6.07, 6.45) is 2.75. The Labute approximate surface area is 110 Å². The minimum Gasteiger partial charge on any atom is -0.398 e. The zero-order chi connectivity index (χ0) is 12.8. The first-order valence-electron chi connectivity index (χ1n) is 7.02. The number of nitrogen functional groups attached to an aromatic ring is 1. The molecule has 1 fully saturated rings. The topological polar surface area (TPSA) is 41.3 Å². The van der Waals surface area contributed by atoms with Gasteiger partial charge in [0.2, 0.25) is 0 Å². The molecule has 1 heterocycles. The van der Waals surface area contributed by atoms with Gasteiger partial charge in [-0.1, -0.05) is 25.1 Å². The average molecular weight is 247 g/mol. The Balaban J connectivity index is 1.67. The zero-order valence-corrected chi connectivity index (χ0v) is 11.4. The number of likely N-dealkylation sites (tertiary alicyclic amines) is 1. The van der Waals surface area contributed by atoms with Crippen LogP contribution < -0.4 is 11.1 Å². The molecule has 3 nitrogen and oxygen atoms in total. The lowest BCUT2D eigenvalue weighted by molar-refractivity contribution is 0.282. The van der Waals surface area contributed by atoms with Crippen LogP contribution in [-0.4, -0.2) is 31.1 Å². The molecule has 0 aliphatic carbocycles. The number of anilines is 1. The van der Waals surface area contributed by atoms with Gasteiger partial charge in [0.25, 0.3) is 0 Å². The van der Waals surface area contributed by atoms with Gasteiger partial charge in [0.15, 0.2) is 0 Å². The second-order valence-corrected chi connectivity index (χ2v) is 5.44. The van der Waals surface area contributed by atoms with Crippen LogP contribution in [0.15, 0.2) is 24.3 Å². The van der Waals surface area contributed by atoms with E-state index in [-0.39, 0.29) is 0 Å². The number of rotatable bonds is 6. The highest BCUT2D eigenvalue weighted by Crippen LogP contribution is 2.11. The fourth-order valence-corrected chi connectivity index (χ4v) is 2.62. The molecule has 0 radical (unpaired) electrons. The van der Waals surface area contributed by atoms with Gasteiger partial charge in [-0.25, -0.2) is 0 Å². The number of nitrogens with one attached hydrogen (secondary N) is 1. The smallest absolute Gasteiger partial charge is 0.0359 e. The third kappa shape index (κ3) is 4.00. The zero-order valence-electron chi connectivity index (χ0n) is 11.4. The SMILES string of the molecule is CC(CNCc1ccccc1N)CN1CCCC1. The molecule has 2 rings (SSSR count). The second-order valence-electron chi connectivity index (χ2n) is 5.44. The maximum absolute atomic E-state index is 5.92. The molecule has 1 aliphatic heterocycles. The van der Waals surface area contributed by atoms with E-state index in [0.717, 1.165) is 18.8 Å². The summed E-state index contributed by atoms with van der Waals surface area (Å²) in [6.45, 7) is 8.05. The molecule has 1 aromatic carbocycles. The van der Waals surface area contributed by atoms with Crippen molar-refractivity contribution >= 4 is 5.69 Å². The molecule has 1 aromatic rings. The van der Waals surface area contributed by atoms with Crippen LogP contribution in [0.1, 0.15) is 25.3 Å². The Kier molecular flexibility index (Phi) is 5.02. The number of hydrogen-bond acceptors (Lipinski definition) is 3. The molecule has 0 saturated carbocycles. The van der Waals surface area contributed by atoms with Gasteiger partial charge < -0.3 is 16.0 Å². The molecule has 100 valence electrons. The molecule has 1 atom stereocenters. The van der Waals surface area contributed by atoms with E-state index in [1.54, 1.807) is 0 Å². The Hall–Kier alpha value is -1.06. The van der Waals surface area contributed by atoms with Crippen molar-refractivity contribution in [1.82, 2.24) is 10.2 Å². The van der Waals surface area contributed by atoms with Gasteiger partial charge in [0, 0.05) is 18.8 Å². The lowest BCUT2D eigenvalue weighted by Crippen LogP contribution is -2.31. The maximum Gasteiger partial charge on any atom is 0.0359 e. The van der Waals surface area contributed by atoms with Crippen molar-refractivity contribution < 1.29 is 0 Å². The predicted octanol–water partition coefficient (Wildman–Crippen LogP) is 2.09. The summed E-state index contributed by atoms with van der Waals surface area (Å²) in [4.78, 5) is 2.57. The van der Waals surface area contributed by atoms with Crippen molar-refractivity contribution in [2.24, 2.45) is 5.92 Å². The summed E-state index contributed by atoms with van der Waals surface area (Å²) in [6, 6.07) is 8.08. The van der Waals surface area contributed by atoms with Crippen molar-refractivity contribution in [3.8, 4) is 0 Å². The maximum atomic E-state index is 5.92. The number of hydrogen-bond donors (Lipinski definition) is 2. The summed E-state index contributed by atoms with van der Waals surface area (Å²) in [7, 11) is 0.